The summed E-state index contributed by atoms with van der Waals surface area (Å²) in [6, 6.07) is -0.240. The molecule has 1 aliphatic rings. The fraction of sp³-hybridized carbons (Fsp3) is 0.821. The number of aldehydes is 1. The summed E-state index contributed by atoms with van der Waals surface area (Å²) in [6.45, 7) is 13.5. The van der Waals surface area contributed by atoms with Gasteiger partial charge in [0.05, 0.1) is 17.1 Å². The minimum atomic E-state index is -0.349. The lowest BCUT2D eigenvalue weighted by atomic mass is 9.93. The smallest absolute Gasteiger partial charge is 0.307 e. The first kappa shape index (κ1) is 33.4. The Morgan fingerprint density at radius 1 is 1.19 bits per heavy atom. The Morgan fingerprint density at radius 2 is 1.92 bits per heavy atom. The quantitative estimate of drug-likeness (QED) is 0.0904. The largest absolute Gasteiger partial charge is 0.444 e. The van der Waals surface area contributed by atoms with Gasteiger partial charge in [-0.05, 0) is 69.9 Å². The van der Waals surface area contributed by atoms with E-state index in [2.05, 4.69) is 50.6 Å². The van der Waals surface area contributed by atoms with Crippen molar-refractivity contribution < 1.29 is 19.1 Å². The van der Waals surface area contributed by atoms with E-state index in [0.29, 0.717) is 18.5 Å². The van der Waals surface area contributed by atoms with Gasteiger partial charge >= 0.3 is 5.97 Å². The minimum absolute atomic E-state index is 0.00170. The number of esters is 1. The normalized spacial score (nSPS) is 18.5. The topological polar surface area (TPSA) is 99.8 Å². The van der Waals surface area contributed by atoms with E-state index >= 15 is 0 Å². The molecule has 5 atom stereocenters. The van der Waals surface area contributed by atoms with Gasteiger partial charge in [-0.15, -0.1) is 11.8 Å². The maximum Gasteiger partial charge on any atom is 0.307 e. The Labute approximate surface area is 229 Å². The van der Waals surface area contributed by atoms with Crippen molar-refractivity contribution >= 4 is 29.9 Å². The van der Waals surface area contributed by atoms with Crippen molar-refractivity contribution in [2.75, 3.05) is 20.3 Å². The van der Waals surface area contributed by atoms with Crippen molar-refractivity contribution in [2.24, 2.45) is 11.8 Å². The zero-order valence-corrected chi connectivity index (χ0v) is 25.0. The monoisotopic (exact) mass is 540 g/mol. The van der Waals surface area contributed by atoms with E-state index in [0.717, 1.165) is 51.4 Å². The molecule has 0 spiro atoms. The summed E-state index contributed by atoms with van der Waals surface area (Å²) in [4.78, 5) is 39.3. The Kier molecular flexibility index (Phi) is 16.8. The van der Waals surface area contributed by atoms with E-state index in [-0.39, 0.29) is 53.9 Å². The van der Waals surface area contributed by atoms with Crippen molar-refractivity contribution in [3.05, 3.63) is 11.1 Å². The van der Waals surface area contributed by atoms with E-state index in [4.69, 9.17) is 4.74 Å². The Morgan fingerprint density at radius 3 is 2.49 bits per heavy atom. The maximum atomic E-state index is 14.2. The van der Waals surface area contributed by atoms with Crippen LogP contribution in [0.5, 0.6) is 0 Å². The fourth-order valence-corrected chi connectivity index (χ4v) is 5.47. The van der Waals surface area contributed by atoms with E-state index < -0.39 is 0 Å². The van der Waals surface area contributed by atoms with Gasteiger partial charge in [0.2, 0.25) is 5.91 Å². The first-order valence-electron chi connectivity index (χ1n) is 14.1. The molecule has 1 amide bonds. The van der Waals surface area contributed by atoms with Crippen LogP contribution in [-0.4, -0.2) is 66.9 Å². The van der Waals surface area contributed by atoms with Crippen LogP contribution in [-0.2, 0) is 19.1 Å². The van der Waals surface area contributed by atoms with Crippen LogP contribution in [0.3, 0.4) is 0 Å². The molecule has 0 saturated heterocycles. The standard InChI is InChI=1S/C28H52N4O4S/c1-8-12-26(34)36-19-32(24(20(3)4)14-15-25-31-23(17-33)18-37-25)28(35)27(21(5)9-2)30-22(6)13-10-11-16-29-7/h17-18,20-22,24-25,27,29-31H,8-16,19H2,1-7H3/t21?,22?,24-,25?,27+/m1/s1. The van der Waals surface area contributed by atoms with E-state index in [1.165, 1.54) is 0 Å². The Bertz CT molecular complexity index is 718. The number of hydrogen-bond donors (Lipinski definition) is 3. The van der Waals surface area contributed by atoms with Crippen LogP contribution in [0, 0.1) is 11.8 Å². The summed E-state index contributed by atoms with van der Waals surface area (Å²) in [5.74, 6) is 0.0374. The zero-order valence-electron chi connectivity index (χ0n) is 24.2. The molecule has 1 rings (SSSR count). The second-order valence-electron chi connectivity index (χ2n) is 10.6. The minimum Gasteiger partial charge on any atom is -0.444 e. The highest BCUT2D eigenvalue weighted by atomic mass is 32.2. The lowest BCUT2D eigenvalue weighted by Gasteiger charge is -2.39. The molecule has 3 N–H and O–H groups in total. The average Bonchev–Trinajstić information content (AvgIpc) is 3.34. The van der Waals surface area contributed by atoms with Gasteiger partial charge in [-0.25, -0.2) is 0 Å². The summed E-state index contributed by atoms with van der Waals surface area (Å²) in [6.07, 6.45) is 7.47. The first-order chi connectivity index (χ1) is 17.7. The fourth-order valence-electron chi connectivity index (χ4n) is 4.56. The van der Waals surface area contributed by atoms with Crippen molar-refractivity contribution in [2.45, 2.75) is 116 Å². The molecule has 3 unspecified atom stereocenters. The molecular weight excluding hydrogens is 488 g/mol. The van der Waals surface area contributed by atoms with Crippen LogP contribution < -0.4 is 16.0 Å². The Balaban J connectivity index is 3.06. The zero-order chi connectivity index (χ0) is 27.8. The third kappa shape index (κ3) is 12.2. The number of amides is 1. The van der Waals surface area contributed by atoms with Gasteiger partial charge in [-0.1, -0.05) is 47.5 Å². The highest BCUT2D eigenvalue weighted by molar-refractivity contribution is 8.03. The molecule has 0 aromatic rings. The second kappa shape index (κ2) is 18.6. The van der Waals surface area contributed by atoms with Crippen LogP contribution in [0.4, 0.5) is 0 Å². The number of ether oxygens (including phenoxy) is 1. The van der Waals surface area contributed by atoms with E-state index in [9.17, 15) is 14.4 Å². The summed E-state index contributed by atoms with van der Waals surface area (Å²) in [5, 5.41) is 12.0. The molecule has 0 saturated carbocycles. The van der Waals surface area contributed by atoms with E-state index in [1.807, 2.05) is 19.4 Å². The number of allylic oxidation sites excluding steroid dienone is 1. The third-order valence-electron chi connectivity index (χ3n) is 7.07. The lowest BCUT2D eigenvalue weighted by Crippen LogP contribution is -2.56. The summed E-state index contributed by atoms with van der Waals surface area (Å²) >= 11 is 1.60. The highest BCUT2D eigenvalue weighted by Gasteiger charge is 2.35. The number of carbonyl (C=O) groups excluding carboxylic acids is 3. The van der Waals surface area contributed by atoms with Crippen LogP contribution in [0.1, 0.15) is 92.9 Å². The molecule has 0 radical (unpaired) electrons. The van der Waals surface area contributed by atoms with Crippen molar-refractivity contribution in [1.29, 1.82) is 0 Å². The predicted octanol–water partition coefficient (Wildman–Crippen LogP) is 4.41. The van der Waals surface area contributed by atoms with Crippen LogP contribution >= 0.6 is 11.8 Å². The summed E-state index contributed by atoms with van der Waals surface area (Å²) in [7, 11) is 1.96. The first-order valence-corrected chi connectivity index (χ1v) is 15.1. The maximum absolute atomic E-state index is 14.2. The molecule has 0 bridgehead atoms. The molecule has 1 aliphatic heterocycles. The number of hydrogen-bond acceptors (Lipinski definition) is 8. The van der Waals surface area contributed by atoms with Gasteiger partial charge in [0.15, 0.2) is 13.0 Å². The van der Waals surface area contributed by atoms with Gasteiger partial charge in [0.1, 0.15) is 0 Å². The lowest BCUT2D eigenvalue weighted by molar-refractivity contribution is -0.158. The molecule has 8 nitrogen and oxygen atoms in total. The third-order valence-corrected chi connectivity index (χ3v) is 8.14. The molecule has 0 aliphatic carbocycles. The summed E-state index contributed by atoms with van der Waals surface area (Å²) in [5.41, 5.74) is 0.599. The number of unbranched alkanes of at least 4 members (excludes halogenated alkanes) is 1. The molecule has 1 heterocycles. The predicted molar refractivity (Wildman–Crippen MR) is 153 cm³/mol. The van der Waals surface area contributed by atoms with Crippen LogP contribution in [0.15, 0.2) is 11.1 Å². The summed E-state index contributed by atoms with van der Waals surface area (Å²) < 4.78 is 5.62. The van der Waals surface area contributed by atoms with Crippen molar-refractivity contribution in [3.63, 3.8) is 0 Å². The van der Waals surface area contributed by atoms with Crippen LogP contribution in [0.25, 0.3) is 0 Å². The van der Waals surface area contributed by atoms with Gasteiger partial charge in [0.25, 0.3) is 0 Å². The molecule has 214 valence electrons. The molecule has 0 aromatic carbocycles. The van der Waals surface area contributed by atoms with Gasteiger partial charge in [-0.2, -0.15) is 0 Å². The number of rotatable bonds is 20. The van der Waals surface area contributed by atoms with Gasteiger partial charge in [0, 0.05) is 18.5 Å². The number of carbonyl (C=O) groups is 3. The molecule has 37 heavy (non-hydrogen) atoms. The van der Waals surface area contributed by atoms with Crippen molar-refractivity contribution in [1.82, 2.24) is 20.9 Å². The van der Waals surface area contributed by atoms with Gasteiger partial charge in [-0.3, -0.25) is 14.4 Å². The molecule has 0 aromatic heterocycles. The Hall–Kier alpha value is -1.58. The van der Waals surface area contributed by atoms with Crippen LogP contribution in [0.2, 0.25) is 0 Å². The number of thioether (sulfide) groups is 1. The molecular formula is C28H52N4O4S. The highest BCUT2D eigenvalue weighted by Crippen LogP contribution is 2.27. The molecule has 9 heteroatoms. The number of nitrogens with one attached hydrogen (secondary N) is 3. The van der Waals surface area contributed by atoms with Gasteiger partial charge < -0.3 is 25.6 Å². The van der Waals surface area contributed by atoms with E-state index in [1.54, 1.807) is 16.7 Å². The average molecular weight is 541 g/mol. The number of nitrogens with zero attached hydrogens (tertiary/aromatic N) is 1. The second-order valence-corrected chi connectivity index (χ2v) is 11.7. The molecule has 0 fully saturated rings. The van der Waals surface area contributed by atoms with Crippen molar-refractivity contribution in [3.8, 4) is 0 Å². The SMILES string of the molecule is CCCC(=O)OCN(C(=O)[C@@H](NC(C)CCCCNC)C(C)CC)[C@H](CCC1NC(C=O)=CS1)C(C)C.